The molecule has 366 valence electrons. The number of aromatic nitrogens is 3. The number of hydrogen-bond donors (Lipinski definition) is 6. The lowest BCUT2D eigenvalue weighted by atomic mass is 10.1. The number of anilines is 3. The predicted molar refractivity (Wildman–Crippen MR) is 255 cm³/mol. The van der Waals surface area contributed by atoms with Crippen LogP contribution < -0.4 is 31.9 Å². The maximum Gasteiger partial charge on any atom is 0.274 e. The van der Waals surface area contributed by atoms with E-state index in [0.717, 1.165) is 19.6 Å². The maximum absolute atomic E-state index is 14.3. The zero-order valence-electron chi connectivity index (χ0n) is 38.3. The Hall–Kier alpha value is -8.46. The first kappa shape index (κ1) is 51.4. The predicted octanol–water partition coefficient (Wildman–Crippen LogP) is 6.02. The van der Waals surface area contributed by atoms with Crippen LogP contribution in [0, 0.1) is 51.4 Å². The number of ether oxygens (including phenoxy) is 3. The summed E-state index contributed by atoms with van der Waals surface area (Å²) >= 11 is 0. The van der Waals surface area contributed by atoms with Crippen molar-refractivity contribution in [2.24, 2.45) is 0 Å². The smallest absolute Gasteiger partial charge is 0.274 e. The number of carbonyl (C=O) groups is 3. The van der Waals surface area contributed by atoms with Crippen molar-refractivity contribution in [3.8, 4) is 18.2 Å². The van der Waals surface area contributed by atoms with E-state index >= 15 is 0 Å². The summed E-state index contributed by atoms with van der Waals surface area (Å²) in [4.78, 5) is 48.1. The van der Waals surface area contributed by atoms with Crippen LogP contribution >= 0.6 is 0 Å². The first-order chi connectivity index (χ1) is 35.0. The summed E-state index contributed by atoms with van der Waals surface area (Å²) in [6.45, 7) is 5.93. The molecule has 0 radical (unpaired) electrons. The third-order valence-corrected chi connectivity index (χ3v) is 11.0. The lowest BCUT2D eigenvalue weighted by molar-refractivity contribution is 0.0275. The lowest BCUT2D eigenvalue weighted by Gasteiger charge is -2.24. The minimum Gasteiger partial charge on any atom is -0.371 e. The minimum atomic E-state index is -0.575. The van der Waals surface area contributed by atoms with Crippen LogP contribution in [0.1, 0.15) is 83.3 Å². The Morgan fingerprint density at radius 3 is 1.24 bits per heavy atom. The highest BCUT2D eigenvalue weighted by Crippen LogP contribution is 2.27. The molecule has 0 bridgehead atoms. The third kappa shape index (κ3) is 14.1. The van der Waals surface area contributed by atoms with Crippen LogP contribution in [0.15, 0.2) is 109 Å². The molecule has 0 aliphatic carbocycles. The van der Waals surface area contributed by atoms with Crippen LogP contribution in [0.2, 0.25) is 0 Å². The number of pyridine rings is 3. The Bertz CT molecular complexity index is 2710. The molecule has 3 aliphatic rings. The van der Waals surface area contributed by atoms with Gasteiger partial charge in [-0.25, -0.2) is 18.2 Å². The number of nitrogens with zero attached hydrogens (tertiary/aromatic N) is 6. The molecular weight excluding hydrogens is 934 g/mol. The van der Waals surface area contributed by atoms with Crippen molar-refractivity contribution in [1.29, 1.82) is 15.8 Å². The summed E-state index contributed by atoms with van der Waals surface area (Å²) < 4.78 is 59.5. The van der Waals surface area contributed by atoms with Crippen molar-refractivity contribution in [3.63, 3.8) is 0 Å². The van der Waals surface area contributed by atoms with Crippen molar-refractivity contribution in [3.05, 3.63) is 178 Å². The number of hydrogen-bond acceptors (Lipinski definition) is 15. The topological polar surface area (TPSA) is 261 Å². The molecule has 0 saturated carbocycles. The zero-order valence-corrected chi connectivity index (χ0v) is 38.3. The molecule has 3 fully saturated rings. The van der Waals surface area contributed by atoms with Crippen molar-refractivity contribution in [2.75, 3.05) is 75.0 Å². The minimum absolute atomic E-state index is 0.0525. The fourth-order valence-corrected chi connectivity index (χ4v) is 7.27. The number of benzene rings is 3. The van der Waals surface area contributed by atoms with E-state index in [2.05, 4.69) is 46.9 Å². The van der Waals surface area contributed by atoms with Gasteiger partial charge >= 0.3 is 0 Å². The quantitative estimate of drug-likeness (QED) is 0.0969. The Morgan fingerprint density at radius 2 is 0.903 bits per heavy atom. The highest BCUT2D eigenvalue weighted by atomic mass is 19.1. The molecule has 3 aromatic heterocycles. The van der Waals surface area contributed by atoms with Crippen molar-refractivity contribution >= 4 is 34.8 Å². The monoisotopic (exact) mass is 978 g/mol. The summed E-state index contributed by atoms with van der Waals surface area (Å²) in [5, 5.41) is 43.4. The number of amides is 3. The number of nitrogens with one attached hydrogen (secondary N) is 6. The van der Waals surface area contributed by atoms with E-state index in [1.54, 1.807) is 24.3 Å². The molecule has 0 unspecified atom stereocenters. The summed E-state index contributed by atoms with van der Waals surface area (Å²) in [7, 11) is 0. The van der Waals surface area contributed by atoms with E-state index in [9.17, 15) is 27.6 Å². The molecular formula is C51H45F3N12O6. The first-order valence-corrected chi connectivity index (χ1v) is 22.4. The Balaban J connectivity index is 0.000000158. The van der Waals surface area contributed by atoms with E-state index in [0.29, 0.717) is 67.3 Å². The summed E-state index contributed by atoms with van der Waals surface area (Å²) in [5.74, 6) is -3.37. The molecule has 6 N–H and O–H groups in total. The standard InChI is InChI=1S/3C17H15FN4O2/c2*18-13-8-12(16-10-20-5-6-24-16)1-2-14(13)22-17(23)15-7-11(9-19)3-4-21-15;18-13-8-11(16-10-20-6-7-24-16)4-5-14(13)22-17(23)15-3-1-2-12(9-19)21-15/h2*1-4,7-8,16,20H,5-6,10H2,(H,22,23);1-5,8,16,20H,6-7,10H2,(H,22,23)/t3*16-/m101/s1. The Labute approximate surface area is 411 Å². The highest BCUT2D eigenvalue weighted by molar-refractivity contribution is 6.04. The van der Waals surface area contributed by atoms with Gasteiger partial charge in [0.05, 0.1) is 78.5 Å². The number of carbonyl (C=O) groups excluding carboxylic acids is 3. The molecule has 6 aromatic rings. The van der Waals surface area contributed by atoms with Gasteiger partial charge in [-0.15, -0.1) is 0 Å². The van der Waals surface area contributed by atoms with Gasteiger partial charge in [0.2, 0.25) is 0 Å². The van der Waals surface area contributed by atoms with Gasteiger partial charge in [-0.2, -0.15) is 15.8 Å². The summed E-state index contributed by atoms with van der Waals surface area (Å²) in [6.07, 6.45) is 2.12. The second-order valence-corrected chi connectivity index (χ2v) is 15.9. The number of morpholine rings is 3. The van der Waals surface area contributed by atoms with E-state index < -0.39 is 35.2 Å². The largest absolute Gasteiger partial charge is 0.371 e. The molecule has 3 aromatic carbocycles. The molecule has 9 rings (SSSR count). The molecule has 6 heterocycles. The van der Waals surface area contributed by atoms with Gasteiger partial charge < -0.3 is 46.1 Å². The first-order valence-electron chi connectivity index (χ1n) is 22.4. The molecule has 3 saturated heterocycles. The van der Waals surface area contributed by atoms with E-state index in [1.165, 1.54) is 85.2 Å². The molecule has 3 atom stereocenters. The van der Waals surface area contributed by atoms with Gasteiger partial charge in [0, 0.05) is 51.7 Å². The average molecular weight is 979 g/mol. The van der Waals surface area contributed by atoms with Gasteiger partial charge in [-0.3, -0.25) is 24.4 Å². The van der Waals surface area contributed by atoms with E-state index in [1.807, 2.05) is 18.2 Å². The summed E-state index contributed by atoms with van der Waals surface area (Å²) in [5.41, 5.74) is 3.20. The second-order valence-electron chi connectivity index (χ2n) is 15.9. The van der Waals surface area contributed by atoms with Gasteiger partial charge in [-0.1, -0.05) is 24.3 Å². The zero-order chi connectivity index (χ0) is 50.8. The van der Waals surface area contributed by atoms with Gasteiger partial charge in [0.25, 0.3) is 17.7 Å². The van der Waals surface area contributed by atoms with Crippen LogP contribution in [-0.2, 0) is 14.2 Å². The molecule has 21 heteroatoms. The fraction of sp³-hybridized carbons (Fsp3) is 0.235. The van der Waals surface area contributed by atoms with E-state index in [-0.39, 0.29) is 58.1 Å². The second kappa shape index (κ2) is 25.4. The number of halogens is 3. The van der Waals surface area contributed by atoms with E-state index in [4.69, 9.17) is 30.0 Å². The van der Waals surface area contributed by atoms with Gasteiger partial charge in [-0.05, 0) is 89.5 Å². The molecule has 3 amide bonds. The normalized spacial score (nSPS) is 17.1. The van der Waals surface area contributed by atoms with Crippen molar-refractivity contribution in [1.82, 2.24) is 30.9 Å². The van der Waals surface area contributed by atoms with Gasteiger partial charge in [0.15, 0.2) is 0 Å². The average Bonchev–Trinajstić information content (AvgIpc) is 3.43. The molecule has 72 heavy (non-hydrogen) atoms. The Kier molecular flexibility index (Phi) is 18.1. The maximum atomic E-state index is 14.3. The number of rotatable bonds is 9. The summed E-state index contributed by atoms with van der Waals surface area (Å²) in [6, 6.07) is 29.6. The van der Waals surface area contributed by atoms with Crippen LogP contribution in [0.25, 0.3) is 0 Å². The lowest BCUT2D eigenvalue weighted by Crippen LogP contribution is -2.33. The van der Waals surface area contributed by atoms with Crippen molar-refractivity contribution < 1.29 is 41.8 Å². The molecule has 18 nitrogen and oxygen atoms in total. The molecule has 0 spiro atoms. The molecule has 3 aliphatic heterocycles. The Morgan fingerprint density at radius 1 is 0.514 bits per heavy atom. The van der Waals surface area contributed by atoms with Crippen LogP contribution in [-0.4, -0.2) is 91.8 Å². The van der Waals surface area contributed by atoms with Gasteiger partial charge in [0.1, 0.15) is 46.3 Å². The third-order valence-electron chi connectivity index (χ3n) is 11.0. The number of nitriles is 3. The SMILES string of the molecule is N#Cc1cccc(C(=O)Nc2ccc([C@H]3CNCCO3)cc2F)n1.N#Cc1ccnc(C(=O)Nc2ccc([C@@H]3CNCCO3)cc2F)c1.N#Cc1ccnc(C(=O)Nc2ccc([C@H]3CNCCO3)cc2F)c1. The highest BCUT2D eigenvalue weighted by Gasteiger charge is 2.22. The van der Waals surface area contributed by atoms with Crippen molar-refractivity contribution in [2.45, 2.75) is 18.3 Å². The van der Waals surface area contributed by atoms with Crippen LogP contribution in [0.3, 0.4) is 0 Å². The van der Waals surface area contributed by atoms with Crippen LogP contribution in [0.4, 0.5) is 30.2 Å². The fourth-order valence-electron chi connectivity index (χ4n) is 7.27. The van der Waals surface area contributed by atoms with Crippen LogP contribution in [0.5, 0.6) is 0 Å².